The van der Waals surface area contributed by atoms with Crippen molar-refractivity contribution in [1.29, 1.82) is 0 Å². The largest absolute Gasteiger partial charge is 0.486 e. The summed E-state index contributed by atoms with van der Waals surface area (Å²) < 4.78 is 11.4. The minimum atomic E-state index is 0. The number of piperidine rings is 1. The number of aromatic nitrogens is 1. The molecule has 2 aromatic rings. The van der Waals surface area contributed by atoms with Gasteiger partial charge in [-0.05, 0) is 74.1 Å². The number of ether oxygens (including phenoxy) is 2. The van der Waals surface area contributed by atoms with E-state index in [0.29, 0.717) is 25.2 Å². The number of hydrogen-bond donors (Lipinski definition) is 0. The van der Waals surface area contributed by atoms with E-state index in [9.17, 15) is 0 Å². The average molecular weight is 399 g/mol. The molecule has 5 rings (SSSR count). The fraction of sp³-hybridized carbons (Fsp3) is 0.435. The molecule has 5 heteroatoms. The van der Waals surface area contributed by atoms with E-state index in [1.807, 2.05) is 12.3 Å². The average Bonchev–Trinajstić information content (AvgIpc) is 3.17. The number of likely N-dealkylation sites (tertiary alicyclic amines) is 1. The summed E-state index contributed by atoms with van der Waals surface area (Å²) in [5.74, 6) is 2.39. The molecule has 3 heterocycles. The van der Waals surface area contributed by atoms with Crippen molar-refractivity contribution >= 4 is 18.5 Å². The van der Waals surface area contributed by atoms with Gasteiger partial charge in [0.1, 0.15) is 13.2 Å². The van der Waals surface area contributed by atoms with Crippen molar-refractivity contribution in [3.05, 3.63) is 58.9 Å². The molecular formula is C23H27ClN2O2. The fourth-order valence-corrected chi connectivity index (χ4v) is 4.63. The summed E-state index contributed by atoms with van der Waals surface area (Å²) >= 11 is 0. The van der Waals surface area contributed by atoms with Gasteiger partial charge in [0.05, 0.1) is 5.69 Å². The first-order valence-electron chi connectivity index (χ1n) is 10.1. The lowest BCUT2D eigenvalue weighted by atomic mass is 9.88. The summed E-state index contributed by atoms with van der Waals surface area (Å²) in [5.41, 5.74) is 5.42. The molecule has 1 aromatic heterocycles. The molecule has 2 unspecified atom stereocenters. The van der Waals surface area contributed by atoms with Gasteiger partial charge in [0, 0.05) is 18.8 Å². The van der Waals surface area contributed by atoms with Crippen LogP contribution in [0.15, 0.2) is 42.1 Å². The van der Waals surface area contributed by atoms with Crippen LogP contribution < -0.4 is 9.47 Å². The maximum absolute atomic E-state index is 5.78. The zero-order chi connectivity index (χ0) is 18.2. The first-order chi connectivity index (χ1) is 13.3. The van der Waals surface area contributed by atoms with Gasteiger partial charge >= 0.3 is 0 Å². The predicted octanol–water partition coefficient (Wildman–Crippen LogP) is 4.69. The lowest BCUT2D eigenvalue weighted by Crippen LogP contribution is -2.38. The first kappa shape index (κ1) is 19.3. The summed E-state index contributed by atoms with van der Waals surface area (Å²) in [5, 5.41) is 0. The van der Waals surface area contributed by atoms with Crippen LogP contribution in [0.4, 0.5) is 0 Å². The Labute approximate surface area is 173 Å². The highest BCUT2D eigenvalue weighted by Gasteiger charge is 2.29. The minimum Gasteiger partial charge on any atom is -0.486 e. The van der Waals surface area contributed by atoms with Gasteiger partial charge < -0.3 is 9.47 Å². The molecule has 148 valence electrons. The zero-order valence-electron chi connectivity index (χ0n) is 16.3. The van der Waals surface area contributed by atoms with E-state index in [4.69, 9.17) is 9.47 Å². The van der Waals surface area contributed by atoms with Gasteiger partial charge in [-0.3, -0.25) is 9.88 Å². The van der Waals surface area contributed by atoms with Crippen molar-refractivity contribution in [1.82, 2.24) is 9.88 Å². The Balaban J connectivity index is 0.00000192. The maximum Gasteiger partial charge on any atom is 0.161 e. The molecule has 0 saturated carbocycles. The van der Waals surface area contributed by atoms with E-state index in [0.717, 1.165) is 31.0 Å². The highest BCUT2D eigenvalue weighted by atomic mass is 35.5. The summed E-state index contributed by atoms with van der Waals surface area (Å²) in [4.78, 5) is 7.15. The lowest BCUT2D eigenvalue weighted by Gasteiger charge is -2.38. The van der Waals surface area contributed by atoms with Gasteiger partial charge in [-0.15, -0.1) is 12.4 Å². The van der Waals surface area contributed by atoms with E-state index in [1.165, 1.54) is 29.7 Å². The number of hydrogen-bond acceptors (Lipinski definition) is 4. The second-order valence-corrected chi connectivity index (χ2v) is 7.86. The van der Waals surface area contributed by atoms with Crippen LogP contribution in [0.5, 0.6) is 11.5 Å². The van der Waals surface area contributed by atoms with Gasteiger partial charge in [0.15, 0.2) is 11.5 Å². The van der Waals surface area contributed by atoms with E-state index in [1.54, 1.807) is 5.57 Å². The van der Waals surface area contributed by atoms with Crippen molar-refractivity contribution in [2.24, 2.45) is 5.92 Å². The van der Waals surface area contributed by atoms with Crippen LogP contribution in [0.3, 0.4) is 0 Å². The minimum absolute atomic E-state index is 0. The molecule has 0 spiro atoms. The Morgan fingerprint density at radius 3 is 2.86 bits per heavy atom. The van der Waals surface area contributed by atoms with Gasteiger partial charge in [-0.25, -0.2) is 0 Å². The SMILES string of the molecule is CC(c1ccc2c(c1)OCCO2)N1CCCC(C2=Cc3ncccc3C2)C1.Cl. The van der Waals surface area contributed by atoms with E-state index < -0.39 is 0 Å². The van der Waals surface area contributed by atoms with Gasteiger partial charge in [-0.2, -0.15) is 0 Å². The molecule has 1 aromatic carbocycles. The topological polar surface area (TPSA) is 34.6 Å². The standard InChI is InChI=1S/C23H26N2O2.ClH/c1-16(17-6-7-22-23(14-17)27-11-10-26-22)25-9-3-5-19(15-25)20-12-18-4-2-8-24-21(18)13-20;/h2,4,6-8,13-14,16,19H,3,5,9-12,15H2,1H3;1H. The molecule has 0 bridgehead atoms. The monoisotopic (exact) mass is 398 g/mol. The molecule has 28 heavy (non-hydrogen) atoms. The Morgan fingerprint density at radius 2 is 2.00 bits per heavy atom. The molecule has 4 nitrogen and oxygen atoms in total. The number of halogens is 1. The summed E-state index contributed by atoms with van der Waals surface area (Å²) in [6.07, 6.45) is 7.83. The Morgan fingerprint density at radius 1 is 1.14 bits per heavy atom. The van der Waals surface area contributed by atoms with E-state index >= 15 is 0 Å². The quantitative estimate of drug-likeness (QED) is 0.751. The molecular weight excluding hydrogens is 372 g/mol. The van der Waals surface area contributed by atoms with Crippen LogP contribution in [0.1, 0.15) is 42.6 Å². The number of nitrogens with zero attached hydrogens (tertiary/aromatic N) is 2. The Bertz CT molecular complexity index is 883. The Kier molecular flexibility index (Phi) is 5.61. The summed E-state index contributed by atoms with van der Waals surface area (Å²) in [7, 11) is 0. The number of pyridine rings is 1. The molecule has 2 aliphatic heterocycles. The van der Waals surface area contributed by atoms with E-state index in [2.05, 4.69) is 47.1 Å². The smallest absolute Gasteiger partial charge is 0.161 e. The van der Waals surface area contributed by atoms with Gasteiger partial charge in [0.2, 0.25) is 0 Å². The molecule has 0 radical (unpaired) electrons. The molecule has 3 aliphatic rings. The molecule has 1 fully saturated rings. The second kappa shape index (κ2) is 8.14. The number of rotatable bonds is 3. The third-order valence-electron chi connectivity index (χ3n) is 6.22. The summed E-state index contributed by atoms with van der Waals surface area (Å²) in [6.45, 7) is 5.87. The molecule has 2 atom stereocenters. The number of benzene rings is 1. The molecule has 0 amide bonds. The van der Waals surface area contributed by atoms with Crippen molar-refractivity contribution in [2.75, 3.05) is 26.3 Å². The fourth-order valence-electron chi connectivity index (χ4n) is 4.63. The van der Waals surface area contributed by atoms with Crippen LogP contribution in [-0.4, -0.2) is 36.2 Å². The number of fused-ring (bicyclic) bond motifs is 2. The molecule has 1 saturated heterocycles. The summed E-state index contributed by atoms with van der Waals surface area (Å²) in [6, 6.07) is 11.1. The van der Waals surface area contributed by atoms with Crippen molar-refractivity contribution in [3.63, 3.8) is 0 Å². The normalized spacial score (nSPS) is 22.0. The van der Waals surface area contributed by atoms with Crippen molar-refractivity contribution in [2.45, 2.75) is 32.2 Å². The van der Waals surface area contributed by atoms with Crippen LogP contribution >= 0.6 is 12.4 Å². The lowest BCUT2D eigenvalue weighted by molar-refractivity contribution is 0.143. The van der Waals surface area contributed by atoms with Gasteiger partial charge in [-0.1, -0.05) is 17.7 Å². The zero-order valence-corrected chi connectivity index (χ0v) is 17.1. The van der Waals surface area contributed by atoms with Crippen LogP contribution in [0.2, 0.25) is 0 Å². The van der Waals surface area contributed by atoms with Gasteiger partial charge in [0.25, 0.3) is 0 Å². The van der Waals surface area contributed by atoms with Crippen LogP contribution in [-0.2, 0) is 6.42 Å². The first-order valence-corrected chi connectivity index (χ1v) is 10.1. The highest BCUT2D eigenvalue weighted by Crippen LogP contribution is 2.37. The van der Waals surface area contributed by atoms with Crippen LogP contribution in [0, 0.1) is 5.92 Å². The highest BCUT2D eigenvalue weighted by molar-refractivity contribution is 5.85. The predicted molar refractivity (Wildman–Crippen MR) is 113 cm³/mol. The Hall–Kier alpha value is -2.04. The maximum atomic E-state index is 5.78. The van der Waals surface area contributed by atoms with Crippen molar-refractivity contribution < 1.29 is 9.47 Å². The molecule has 0 N–H and O–H groups in total. The van der Waals surface area contributed by atoms with Crippen molar-refractivity contribution in [3.8, 4) is 11.5 Å². The molecule has 1 aliphatic carbocycles. The van der Waals surface area contributed by atoms with E-state index in [-0.39, 0.29) is 12.4 Å². The third-order valence-corrected chi connectivity index (χ3v) is 6.22. The second-order valence-electron chi connectivity index (χ2n) is 7.86. The van der Waals surface area contributed by atoms with Crippen LogP contribution in [0.25, 0.3) is 6.08 Å². The third kappa shape index (κ3) is 3.63.